The average molecular weight is 473 g/mol. The van der Waals surface area contributed by atoms with Crippen molar-refractivity contribution < 1.29 is 22.4 Å². The van der Waals surface area contributed by atoms with Crippen LogP contribution >= 0.6 is 15.9 Å². The highest BCUT2D eigenvalue weighted by Crippen LogP contribution is 2.23. The minimum atomic E-state index is -3.83. The molecule has 11 heteroatoms. The number of carbonyl (C=O) groups is 2. The second-order valence-corrected chi connectivity index (χ2v) is 9.15. The van der Waals surface area contributed by atoms with Gasteiger partial charge in [-0.2, -0.15) is 4.31 Å². The van der Waals surface area contributed by atoms with E-state index in [1.54, 1.807) is 0 Å². The number of amides is 2. The molecule has 28 heavy (non-hydrogen) atoms. The predicted molar refractivity (Wildman–Crippen MR) is 103 cm³/mol. The molecule has 0 unspecified atom stereocenters. The lowest BCUT2D eigenvalue weighted by molar-refractivity contribution is 0.0696. The van der Waals surface area contributed by atoms with Gasteiger partial charge in [-0.05, 0) is 40.2 Å². The highest BCUT2D eigenvalue weighted by molar-refractivity contribution is 9.10. The number of primary amides is 1. The summed E-state index contributed by atoms with van der Waals surface area (Å²) >= 11 is 3.23. The molecule has 3 rings (SSSR count). The summed E-state index contributed by atoms with van der Waals surface area (Å²) in [6, 6.07) is 5.07. The highest BCUT2D eigenvalue weighted by Gasteiger charge is 2.32. The van der Waals surface area contributed by atoms with Gasteiger partial charge < -0.3 is 15.2 Å². The van der Waals surface area contributed by atoms with E-state index in [0.717, 1.165) is 6.07 Å². The lowest BCUT2D eigenvalue weighted by atomic mass is 10.2. The van der Waals surface area contributed by atoms with Gasteiger partial charge >= 0.3 is 0 Å². The Hall–Kier alpha value is -2.24. The monoisotopic (exact) mass is 472 g/mol. The molecule has 2 heterocycles. The third kappa shape index (κ3) is 3.82. The van der Waals surface area contributed by atoms with E-state index in [4.69, 9.17) is 5.73 Å². The van der Waals surface area contributed by atoms with Crippen LogP contribution in [-0.4, -0.2) is 60.2 Å². The van der Waals surface area contributed by atoms with Crippen LogP contribution in [0.5, 0.6) is 0 Å². The van der Waals surface area contributed by atoms with E-state index in [1.165, 1.54) is 45.2 Å². The van der Waals surface area contributed by atoms with Crippen LogP contribution in [0.4, 0.5) is 4.39 Å². The van der Waals surface area contributed by atoms with E-state index in [2.05, 4.69) is 15.9 Å². The number of hydrogen-bond donors (Lipinski definition) is 1. The molecule has 0 radical (unpaired) electrons. The summed E-state index contributed by atoms with van der Waals surface area (Å²) in [5, 5.41) is 0. The van der Waals surface area contributed by atoms with Crippen molar-refractivity contribution in [1.29, 1.82) is 0 Å². The highest BCUT2D eigenvalue weighted by atomic mass is 79.9. The van der Waals surface area contributed by atoms with Crippen LogP contribution < -0.4 is 5.73 Å². The van der Waals surface area contributed by atoms with Gasteiger partial charge in [0.2, 0.25) is 10.0 Å². The number of piperazine rings is 1. The third-order valence-electron chi connectivity index (χ3n) is 4.55. The molecule has 8 nitrogen and oxygen atoms in total. The van der Waals surface area contributed by atoms with E-state index in [0.29, 0.717) is 4.47 Å². The van der Waals surface area contributed by atoms with Gasteiger partial charge in [0.25, 0.3) is 11.8 Å². The van der Waals surface area contributed by atoms with Crippen molar-refractivity contribution in [2.75, 3.05) is 26.2 Å². The van der Waals surface area contributed by atoms with Gasteiger partial charge in [0.15, 0.2) is 0 Å². The summed E-state index contributed by atoms with van der Waals surface area (Å²) in [6.45, 7) is 0.497. The summed E-state index contributed by atoms with van der Waals surface area (Å²) < 4.78 is 42.2. The van der Waals surface area contributed by atoms with Crippen LogP contribution in [0.2, 0.25) is 0 Å². The smallest absolute Gasteiger partial charge is 0.265 e. The Morgan fingerprint density at radius 2 is 1.79 bits per heavy atom. The van der Waals surface area contributed by atoms with E-state index in [-0.39, 0.29) is 48.2 Å². The fourth-order valence-electron chi connectivity index (χ4n) is 3.03. The summed E-state index contributed by atoms with van der Waals surface area (Å²) in [7, 11) is -2.29. The zero-order valence-electron chi connectivity index (χ0n) is 14.9. The summed E-state index contributed by atoms with van der Waals surface area (Å²) in [5.74, 6) is -1.62. The Morgan fingerprint density at radius 3 is 2.36 bits per heavy atom. The van der Waals surface area contributed by atoms with Crippen molar-refractivity contribution in [3.8, 4) is 0 Å². The van der Waals surface area contributed by atoms with Gasteiger partial charge in [-0.15, -0.1) is 0 Å². The molecule has 0 saturated carbocycles. The largest absolute Gasteiger partial charge is 0.364 e. The molecule has 2 aromatic rings. The molecular weight excluding hydrogens is 455 g/mol. The number of aromatic nitrogens is 1. The minimum Gasteiger partial charge on any atom is -0.364 e. The van der Waals surface area contributed by atoms with Gasteiger partial charge in [0.1, 0.15) is 16.4 Å². The second kappa shape index (κ2) is 7.64. The van der Waals surface area contributed by atoms with E-state index in [1.807, 2.05) is 0 Å². The SMILES string of the molecule is Cn1cc(S(=O)(=O)N2CCN(C(=O)c3cc(F)ccc3Br)CC2)cc1C(N)=O. The number of nitrogens with two attached hydrogens (primary N) is 1. The maximum absolute atomic E-state index is 13.5. The molecule has 0 atom stereocenters. The second-order valence-electron chi connectivity index (χ2n) is 6.36. The maximum Gasteiger partial charge on any atom is 0.265 e. The van der Waals surface area contributed by atoms with Crippen molar-refractivity contribution in [3.05, 3.63) is 52.0 Å². The first kappa shape index (κ1) is 20.5. The van der Waals surface area contributed by atoms with Crippen LogP contribution in [0.25, 0.3) is 0 Å². The fraction of sp³-hybridized carbons (Fsp3) is 0.294. The summed E-state index contributed by atoms with van der Waals surface area (Å²) in [6.07, 6.45) is 1.33. The molecule has 1 fully saturated rings. The Morgan fingerprint density at radius 1 is 1.14 bits per heavy atom. The van der Waals surface area contributed by atoms with Crippen LogP contribution in [0.3, 0.4) is 0 Å². The molecule has 2 amide bonds. The first-order valence-corrected chi connectivity index (χ1v) is 10.5. The van der Waals surface area contributed by atoms with E-state index < -0.39 is 21.7 Å². The topological polar surface area (TPSA) is 106 Å². The molecule has 1 aromatic heterocycles. The molecule has 1 aromatic carbocycles. The number of benzene rings is 1. The quantitative estimate of drug-likeness (QED) is 0.720. The molecule has 1 aliphatic rings. The first-order valence-electron chi connectivity index (χ1n) is 8.32. The fourth-order valence-corrected chi connectivity index (χ4v) is 4.94. The molecule has 0 spiro atoms. The van der Waals surface area contributed by atoms with Gasteiger partial charge in [-0.1, -0.05) is 0 Å². The van der Waals surface area contributed by atoms with Gasteiger partial charge in [-0.3, -0.25) is 9.59 Å². The molecule has 1 aliphatic heterocycles. The molecule has 0 aliphatic carbocycles. The van der Waals surface area contributed by atoms with Crippen LogP contribution in [-0.2, 0) is 17.1 Å². The molecule has 0 bridgehead atoms. The minimum absolute atomic E-state index is 0.0311. The molecular formula is C17H18BrFN4O4S. The lowest BCUT2D eigenvalue weighted by Gasteiger charge is -2.34. The Kier molecular flexibility index (Phi) is 5.60. The number of sulfonamides is 1. The van der Waals surface area contributed by atoms with Crippen molar-refractivity contribution in [2.24, 2.45) is 12.8 Å². The van der Waals surface area contributed by atoms with Gasteiger partial charge in [-0.25, -0.2) is 12.8 Å². The molecule has 150 valence electrons. The maximum atomic E-state index is 13.5. The van der Waals surface area contributed by atoms with Gasteiger partial charge in [0.05, 0.1) is 5.56 Å². The third-order valence-corrected chi connectivity index (χ3v) is 7.11. The number of hydrogen-bond acceptors (Lipinski definition) is 4. The van der Waals surface area contributed by atoms with Crippen molar-refractivity contribution in [2.45, 2.75) is 4.90 Å². The zero-order chi connectivity index (χ0) is 20.6. The summed E-state index contributed by atoms with van der Waals surface area (Å²) in [4.78, 5) is 25.4. The van der Waals surface area contributed by atoms with Crippen LogP contribution in [0.15, 0.2) is 39.8 Å². The zero-order valence-corrected chi connectivity index (χ0v) is 17.3. The van der Waals surface area contributed by atoms with Crippen molar-refractivity contribution in [1.82, 2.24) is 13.8 Å². The lowest BCUT2D eigenvalue weighted by Crippen LogP contribution is -2.50. The van der Waals surface area contributed by atoms with Crippen LogP contribution in [0, 0.1) is 5.82 Å². The molecule has 1 saturated heterocycles. The van der Waals surface area contributed by atoms with E-state index >= 15 is 0 Å². The first-order chi connectivity index (χ1) is 13.1. The Labute approximate surface area is 169 Å². The Bertz CT molecular complexity index is 1050. The van der Waals surface area contributed by atoms with Crippen molar-refractivity contribution in [3.63, 3.8) is 0 Å². The number of nitrogens with zero attached hydrogens (tertiary/aromatic N) is 3. The molecule has 2 N–H and O–H groups in total. The van der Waals surface area contributed by atoms with Crippen molar-refractivity contribution >= 4 is 37.8 Å². The number of rotatable bonds is 4. The van der Waals surface area contributed by atoms with E-state index in [9.17, 15) is 22.4 Å². The number of carbonyl (C=O) groups excluding carboxylic acids is 2. The average Bonchev–Trinajstić information content (AvgIpc) is 3.06. The summed E-state index contributed by atoms with van der Waals surface area (Å²) in [5.41, 5.74) is 5.51. The number of halogens is 2. The number of aryl methyl sites for hydroxylation is 1. The van der Waals surface area contributed by atoms with Crippen LogP contribution in [0.1, 0.15) is 20.8 Å². The normalized spacial score (nSPS) is 15.6. The predicted octanol–water partition coefficient (Wildman–Crippen LogP) is 1.17. The standard InChI is InChI=1S/C17H18BrFN4O4S/c1-21-10-12(9-15(21)16(20)24)28(26,27)23-6-4-22(5-7-23)17(25)13-8-11(19)2-3-14(13)18/h2-3,8-10H,4-7H2,1H3,(H2,20,24). The van der Waals surface area contributed by atoms with Gasteiger partial charge in [0, 0.05) is 43.9 Å². The Balaban J connectivity index is 1.74.